The van der Waals surface area contributed by atoms with Gasteiger partial charge in [-0.15, -0.1) is 0 Å². The minimum absolute atomic E-state index is 0.0856. The van der Waals surface area contributed by atoms with Crippen LogP contribution in [0.1, 0.15) is 12.8 Å². The van der Waals surface area contributed by atoms with Gasteiger partial charge in [0.25, 0.3) is 0 Å². The van der Waals surface area contributed by atoms with Gasteiger partial charge in [-0.05, 0) is 13.3 Å². The highest BCUT2D eigenvalue weighted by molar-refractivity contribution is 4.61. The Hall–Kier alpha value is -0.0400. The van der Waals surface area contributed by atoms with Crippen LogP contribution in [0.5, 0.6) is 0 Å². The fraction of sp³-hybridized carbons (Fsp3) is 0.600. The topological polar surface area (TPSA) is 26.0 Å². The lowest BCUT2D eigenvalue weighted by atomic mass is 10.2. The summed E-state index contributed by atoms with van der Waals surface area (Å²) < 4.78 is 0. The third-order valence-electron chi connectivity index (χ3n) is 0.575. The van der Waals surface area contributed by atoms with Crippen molar-refractivity contribution in [2.75, 3.05) is 0 Å². The molecule has 2 N–H and O–H groups in total. The lowest BCUT2D eigenvalue weighted by Crippen LogP contribution is -2.13. The van der Waals surface area contributed by atoms with E-state index in [9.17, 15) is 0 Å². The van der Waals surface area contributed by atoms with E-state index in [1.165, 1.54) is 0 Å². The average molecular weight is 85.2 g/mol. The summed E-state index contributed by atoms with van der Waals surface area (Å²) in [5.41, 5.74) is 5.25. The van der Waals surface area contributed by atoms with Crippen LogP contribution in [0.4, 0.5) is 0 Å². The van der Waals surface area contributed by atoms with E-state index in [1.807, 2.05) is 0 Å². The van der Waals surface area contributed by atoms with Gasteiger partial charge in [0.2, 0.25) is 0 Å². The van der Waals surface area contributed by atoms with E-state index in [2.05, 4.69) is 13.8 Å². The van der Waals surface area contributed by atoms with E-state index < -0.39 is 0 Å². The molecule has 0 saturated carbocycles. The molecule has 2 radical (unpaired) electrons. The van der Waals surface area contributed by atoms with Crippen molar-refractivity contribution in [1.82, 2.24) is 0 Å². The third-order valence-corrected chi connectivity index (χ3v) is 0.575. The second-order valence-electron chi connectivity index (χ2n) is 1.40. The molecule has 0 heterocycles. The molecule has 6 heavy (non-hydrogen) atoms. The quantitative estimate of drug-likeness (QED) is 0.526. The van der Waals surface area contributed by atoms with Crippen LogP contribution in [-0.2, 0) is 0 Å². The van der Waals surface area contributed by atoms with Gasteiger partial charge in [-0.1, -0.05) is 13.3 Å². The molecule has 1 heteroatoms. The largest absolute Gasteiger partial charge is 0.328 e. The smallest absolute Gasteiger partial charge is 0.00394 e. The monoisotopic (exact) mass is 85.1 g/mol. The maximum Gasteiger partial charge on any atom is 0.00394 e. The summed E-state index contributed by atoms with van der Waals surface area (Å²) in [4.78, 5) is 0. The van der Waals surface area contributed by atoms with Gasteiger partial charge in [0.05, 0.1) is 0 Å². The summed E-state index contributed by atoms with van der Waals surface area (Å²) >= 11 is 0. The molecule has 0 saturated heterocycles. The zero-order valence-electron chi connectivity index (χ0n) is 3.98. The van der Waals surface area contributed by atoms with Crippen molar-refractivity contribution in [2.24, 2.45) is 5.73 Å². The van der Waals surface area contributed by atoms with Crippen LogP contribution in [-0.4, -0.2) is 6.04 Å². The molecule has 0 rings (SSSR count). The first-order valence-electron chi connectivity index (χ1n) is 2.15. The summed E-state index contributed by atoms with van der Waals surface area (Å²) in [5.74, 6) is 0. The minimum atomic E-state index is 0.0856. The van der Waals surface area contributed by atoms with Gasteiger partial charge in [-0.3, -0.25) is 0 Å². The normalized spacial score (nSPS) is 14.5. The molecule has 0 aromatic rings. The molecule has 0 amide bonds. The Morgan fingerprint density at radius 3 is 2.17 bits per heavy atom. The van der Waals surface area contributed by atoms with Crippen LogP contribution in [0.2, 0.25) is 0 Å². The SMILES string of the molecule is [CH2]CC[C@H]([CH2])N. The fourth-order valence-corrected chi connectivity index (χ4v) is 0.262. The lowest BCUT2D eigenvalue weighted by Gasteiger charge is -1.96. The van der Waals surface area contributed by atoms with Crippen molar-refractivity contribution >= 4 is 0 Å². The molecule has 36 valence electrons. The van der Waals surface area contributed by atoms with Gasteiger partial charge >= 0.3 is 0 Å². The van der Waals surface area contributed by atoms with E-state index >= 15 is 0 Å². The van der Waals surface area contributed by atoms with Gasteiger partial charge in [0.1, 0.15) is 0 Å². The van der Waals surface area contributed by atoms with Crippen LogP contribution < -0.4 is 5.73 Å². The summed E-state index contributed by atoms with van der Waals surface area (Å²) in [6.45, 7) is 7.17. The number of nitrogens with two attached hydrogens (primary N) is 1. The number of rotatable bonds is 2. The standard InChI is InChI=1S/C5H11N/c1-3-4-5(2)6/h5H,1-4,6H2/t5-/m0/s1. The molecule has 0 aliphatic heterocycles. The highest BCUT2D eigenvalue weighted by Crippen LogP contribution is 1.87. The Morgan fingerprint density at radius 1 is 1.67 bits per heavy atom. The Balaban J connectivity index is 2.63. The fourth-order valence-electron chi connectivity index (χ4n) is 0.262. The predicted molar refractivity (Wildman–Crippen MR) is 27.9 cm³/mol. The Kier molecular flexibility index (Phi) is 3.14. The average Bonchev–Trinajstić information content (AvgIpc) is 1.35. The van der Waals surface area contributed by atoms with E-state index in [4.69, 9.17) is 5.73 Å². The van der Waals surface area contributed by atoms with Crippen LogP contribution in [0.25, 0.3) is 0 Å². The molecule has 0 fully saturated rings. The van der Waals surface area contributed by atoms with Gasteiger partial charge in [-0.25, -0.2) is 0 Å². The van der Waals surface area contributed by atoms with Crippen molar-refractivity contribution in [3.05, 3.63) is 13.8 Å². The zero-order valence-corrected chi connectivity index (χ0v) is 3.98. The highest BCUT2D eigenvalue weighted by Gasteiger charge is 1.85. The summed E-state index contributed by atoms with van der Waals surface area (Å²) in [6.07, 6.45) is 1.82. The first-order valence-corrected chi connectivity index (χ1v) is 2.15. The zero-order chi connectivity index (χ0) is 4.99. The summed E-state index contributed by atoms with van der Waals surface area (Å²) in [7, 11) is 0. The first kappa shape index (κ1) is 5.96. The van der Waals surface area contributed by atoms with Crippen LogP contribution in [0, 0.1) is 13.8 Å². The van der Waals surface area contributed by atoms with Gasteiger partial charge in [-0.2, -0.15) is 0 Å². The number of hydrogen-bond acceptors (Lipinski definition) is 1. The molecule has 0 aromatic heterocycles. The van der Waals surface area contributed by atoms with E-state index in [1.54, 1.807) is 0 Å². The second-order valence-corrected chi connectivity index (χ2v) is 1.40. The van der Waals surface area contributed by atoms with Crippen LogP contribution >= 0.6 is 0 Å². The van der Waals surface area contributed by atoms with Crippen molar-refractivity contribution in [3.8, 4) is 0 Å². The van der Waals surface area contributed by atoms with Crippen LogP contribution in [0.15, 0.2) is 0 Å². The summed E-state index contributed by atoms with van der Waals surface area (Å²) in [5, 5.41) is 0. The van der Waals surface area contributed by atoms with Gasteiger partial charge < -0.3 is 5.73 Å². The second kappa shape index (κ2) is 3.16. The third kappa shape index (κ3) is 3.96. The first-order chi connectivity index (χ1) is 2.77. The Bertz CT molecular complexity index is 25.1. The summed E-state index contributed by atoms with van der Waals surface area (Å²) in [6, 6.07) is 0.0856. The van der Waals surface area contributed by atoms with Crippen molar-refractivity contribution < 1.29 is 0 Å². The van der Waals surface area contributed by atoms with Crippen LogP contribution in [0.3, 0.4) is 0 Å². The van der Waals surface area contributed by atoms with Gasteiger partial charge in [0, 0.05) is 6.04 Å². The van der Waals surface area contributed by atoms with E-state index in [-0.39, 0.29) is 6.04 Å². The maximum atomic E-state index is 5.25. The molecule has 0 spiro atoms. The molecule has 0 aliphatic rings. The number of hydrogen-bond donors (Lipinski definition) is 1. The minimum Gasteiger partial charge on any atom is -0.328 e. The van der Waals surface area contributed by atoms with E-state index in [0.717, 1.165) is 12.8 Å². The lowest BCUT2D eigenvalue weighted by molar-refractivity contribution is 0.729. The molecule has 0 bridgehead atoms. The molecule has 0 aromatic carbocycles. The molecular weight excluding hydrogens is 74.1 g/mol. The predicted octanol–water partition coefficient (Wildman–Crippen LogP) is 0.762. The Morgan fingerprint density at radius 2 is 2.17 bits per heavy atom. The van der Waals surface area contributed by atoms with Crippen molar-refractivity contribution in [1.29, 1.82) is 0 Å². The van der Waals surface area contributed by atoms with E-state index in [0.29, 0.717) is 0 Å². The Labute approximate surface area is 39.5 Å². The molecule has 0 unspecified atom stereocenters. The van der Waals surface area contributed by atoms with Crippen molar-refractivity contribution in [3.63, 3.8) is 0 Å². The van der Waals surface area contributed by atoms with Crippen molar-refractivity contribution in [2.45, 2.75) is 18.9 Å². The molecule has 1 nitrogen and oxygen atoms in total. The van der Waals surface area contributed by atoms with Gasteiger partial charge in [0.15, 0.2) is 0 Å². The molecule has 1 atom stereocenters. The maximum absolute atomic E-state index is 5.25. The highest BCUT2D eigenvalue weighted by atomic mass is 14.6. The molecule has 0 aliphatic carbocycles. The molecular formula is C5H11N.